The first-order valence-electron chi connectivity index (χ1n) is 4.88. The minimum absolute atomic E-state index is 0.430. The van der Waals surface area contributed by atoms with Crippen LogP contribution >= 0.6 is 0 Å². The molecule has 0 spiro atoms. The largest absolute Gasteiger partial charge is 0.285 e. The summed E-state index contributed by atoms with van der Waals surface area (Å²) >= 11 is 0. The molecule has 0 saturated heterocycles. The molecule has 4 heteroatoms. The summed E-state index contributed by atoms with van der Waals surface area (Å²) in [4.78, 5) is 7.90. The van der Waals surface area contributed by atoms with Crippen molar-refractivity contribution in [3.8, 4) is 5.95 Å². The molecule has 0 amide bonds. The number of rotatable bonds is 1. The van der Waals surface area contributed by atoms with Gasteiger partial charge in [-0.1, -0.05) is 18.2 Å². The molecular weight excluding hydrogens is 205 g/mol. The van der Waals surface area contributed by atoms with Crippen LogP contribution in [0, 0.1) is 5.82 Å². The van der Waals surface area contributed by atoms with Crippen LogP contribution in [0.15, 0.2) is 48.9 Å². The summed E-state index contributed by atoms with van der Waals surface area (Å²) in [5.74, 6) is 0.0443. The van der Waals surface area contributed by atoms with Crippen LogP contribution < -0.4 is 0 Å². The molecule has 0 atom stereocenters. The second-order valence-electron chi connectivity index (χ2n) is 3.45. The highest BCUT2D eigenvalue weighted by Gasteiger charge is 2.04. The van der Waals surface area contributed by atoms with Gasteiger partial charge in [-0.15, -0.1) is 0 Å². The fourth-order valence-corrected chi connectivity index (χ4v) is 1.69. The molecule has 1 aromatic carbocycles. The number of aromatic nitrogens is 3. The van der Waals surface area contributed by atoms with Crippen molar-refractivity contribution in [3.05, 3.63) is 54.7 Å². The number of hydrogen-bond acceptors (Lipinski definition) is 2. The third-order valence-corrected chi connectivity index (χ3v) is 2.42. The van der Waals surface area contributed by atoms with Gasteiger partial charge in [0, 0.05) is 11.6 Å². The van der Waals surface area contributed by atoms with Crippen LogP contribution in [0.4, 0.5) is 4.39 Å². The van der Waals surface area contributed by atoms with Gasteiger partial charge in [-0.05, 0) is 12.1 Å². The lowest BCUT2D eigenvalue weighted by molar-refractivity contribution is 0.611. The summed E-state index contributed by atoms with van der Waals surface area (Å²) in [5, 5.41) is 1.11. The van der Waals surface area contributed by atoms with Crippen molar-refractivity contribution in [1.29, 1.82) is 0 Å². The Balaban J connectivity index is 2.22. The summed E-state index contributed by atoms with van der Waals surface area (Å²) in [6, 6.07) is 9.88. The lowest BCUT2D eigenvalue weighted by Crippen LogP contribution is -1.99. The average Bonchev–Trinajstić information content (AvgIpc) is 2.74. The van der Waals surface area contributed by atoms with Crippen molar-refractivity contribution in [2.45, 2.75) is 0 Å². The van der Waals surface area contributed by atoms with Crippen molar-refractivity contribution < 1.29 is 4.39 Å². The fourth-order valence-electron chi connectivity index (χ4n) is 1.69. The van der Waals surface area contributed by atoms with Crippen LogP contribution in [0.25, 0.3) is 16.9 Å². The molecule has 2 aromatic heterocycles. The predicted octanol–water partition coefficient (Wildman–Crippen LogP) is 2.56. The maximum absolute atomic E-state index is 12.7. The van der Waals surface area contributed by atoms with Gasteiger partial charge in [-0.2, -0.15) is 0 Å². The summed E-state index contributed by atoms with van der Waals surface area (Å²) in [7, 11) is 0. The highest BCUT2D eigenvalue weighted by molar-refractivity contribution is 5.81. The number of para-hydroxylation sites is 1. The fraction of sp³-hybridized carbons (Fsp3) is 0. The SMILES string of the molecule is Fc1cnc(-n2ccc3ccccc32)nc1. The molecule has 3 aromatic rings. The zero-order valence-corrected chi connectivity index (χ0v) is 8.34. The van der Waals surface area contributed by atoms with Crippen LogP contribution in [-0.4, -0.2) is 14.5 Å². The van der Waals surface area contributed by atoms with Crippen molar-refractivity contribution >= 4 is 10.9 Å². The Morgan fingerprint density at radius 1 is 1.00 bits per heavy atom. The van der Waals surface area contributed by atoms with E-state index in [0.717, 1.165) is 23.3 Å². The summed E-state index contributed by atoms with van der Waals surface area (Å²) < 4.78 is 14.5. The Morgan fingerprint density at radius 2 is 1.75 bits per heavy atom. The molecule has 0 bridgehead atoms. The first-order valence-corrected chi connectivity index (χ1v) is 4.88. The Labute approximate surface area is 91.2 Å². The molecule has 0 radical (unpaired) electrons. The molecule has 78 valence electrons. The van der Waals surface area contributed by atoms with Gasteiger partial charge in [0.1, 0.15) is 0 Å². The van der Waals surface area contributed by atoms with E-state index in [2.05, 4.69) is 9.97 Å². The molecule has 0 unspecified atom stereocenters. The van der Waals surface area contributed by atoms with E-state index in [0.29, 0.717) is 5.95 Å². The quantitative estimate of drug-likeness (QED) is 0.622. The predicted molar refractivity (Wildman–Crippen MR) is 58.8 cm³/mol. The number of fused-ring (bicyclic) bond motifs is 1. The van der Waals surface area contributed by atoms with Crippen LogP contribution in [0.5, 0.6) is 0 Å². The normalized spacial score (nSPS) is 10.8. The molecule has 16 heavy (non-hydrogen) atoms. The van der Waals surface area contributed by atoms with Crippen molar-refractivity contribution in [1.82, 2.24) is 14.5 Å². The van der Waals surface area contributed by atoms with Gasteiger partial charge in [-0.3, -0.25) is 4.57 Å². The standard InChI is InChI=1S/C12H8FN3/c13-10-7-14-12(15-8-10)16-6-5-9-3-1-2-4-11(9)16/h1-8H. The second kappa shape index (κ2) is 3.41. The van der Waals surface area contributed by atoms with Gasteiger partial charge in [0.25, 0.3) is 0 Å². The van der Waals surface area contributed by atoms with Crippen LogP contribution in [0.2, 0.25) is 0 Å². The Kier molecular flexibility index (Phi) is 1.93. The monoisotopic (exact) mass is 213 g/mol. The number of benzene rings is 1. The summed E-state index contributed by atoms with van der Waals surface area (Å²) in [5.41, 5.74) is 1.01. The minimum Gasteiger partial charge on any atom is -0.285 e. The van der Waals surface area contributed by atoms with E-state index < -0.39 is 5.82 Å². The molecule has 0 N–H and O–H groups in total. The molecule has 3 rings (SSSR count). The molecule has 0 fully saturated rings. The van der Waals surface area contributed by atoms with E-state index in [1.165, 1.54) is 0 Å². The topological polar surface area (TPSA) is 30.7 Å². The van der Waals surface area contributed by atoms with E-state index in [1.807, 2.05) is 41.1 Å². The second-order valence-corrected chi connectivity index (χ2v) is 3.45. The van der Waals surface area contributed by atoms with Crippen molar-refractivity contribution in [2.24, 2.45) is 0 Å². The molecular formula is C12H8FN3. The van der Waals surface area contributed by atoms with Crippen LogP contribution in [0.1, 0.15) is 0 Å². The molecule has 0 aliphatic carbocycles. The van der Waals surface area contributed by atoms with E-state index >= 15 is 0 Å². The van der Waals surface area contributed by atoms with Gasteiger partial charge in [-0.25, -0.2) is 14.4 Å². The minimum atomic E-state index is -0.430. The molecule has 0 aliphatic heterocycles. The maximum atomic E-state index is 12.7. The molecule has 3 nitrogen and oxygen atoms in total. The number of hydrogen-bond donors (Lipinski definition) is 0. The highest BCUT2D eigenvalue weighted by Crippen LogP contribution is 2.17. The van der Waals surface area contributed by atoms with Gasteiger partial charge in [0.05, 0.1) is 17.9 Å². The van der Waals surface area contributed by atoms with E-state index in [4.69, 9.17) is 0 Å². The van der Waals surface area contributed by atoms with Crippen LogP contribution in [-0.2, 0) is 0 Å². The van der Waals surface area contributed by atoms with Crippen molar-refractivity contribution in [3.63, 3.8) is 0 Å². The Bertz CT molecular complexity index is 628. The Hall–Kier alpha value is -2.23. The first kappa shape index (κ1) is 9.03. The molecule has 2 heterocycles. The summed E-state index contributed by atoms with van der Waals surface area (Å²) in [6.45, 7) is 0. The van der Waals surface area contributed by atoms with Gasteiger partial charge < -0.3 is 0 Å². The third kappa shape index (κ3) is 1.35. The van der Waals surface area contributed by atoms with Gasteiger partial charge in [0.15, 0.2) is 5.82 Å². The van der Waals surface area contributed by atoms with Crippen molar-refractivity contribution in [2.75, 3.05) is 0 Å². The van der Waals surface area contributed by atoms with Gasteiger partial charge in [0.2, 0.25) is 5.95 Å². The first-order chi connectivity index (χ1) is 7.84. The van der Waals surface area contributed by atoms with E-state index in [9.17, 15) is 4.39 Å². The van der Waals surface area contributed by atoms with E-state index in [1.54, 1.807) is 0 Å². The van der Waals surface area contributed by atoms with Gasteiger partial charge >= 0.3 is 0 Å². The lowest BCUT2D eigenvalue weighted by Gasteiger charge is -2.02. The highest BCUT2D eigenvalue weighted by atomic mass is 19.1. The average molecular weight is 213 g/mol. The molecule has 0 aliphatic rings. The lowest BCUT2D eigenvalue weighted by atomic mass is 10.2. The molecule has 0 saturated carbocycles. The smallest absolute Gasteiger partial charge is 0.234 e. The number of halogens is 1. The zero-order valence-electron chi connectivity index (χ0n) is 8.34. The summed E-state index contributed by atoms with van der Waals surface area (Å²) in [6.07, 6.45) is 4.20. The van der Waals surface area contributed by atoms with Crippen LogP contribution in [0.3, 0.4) is 0 Å². The van der Waals surface area contributed by atoms with E-state index in [-0.39, 0.29) is 0 Å². The Morgan fingerprint density at radius 3 is 2.56 bits per heavy atom. The number of nitrogens with zero attached hydrogens (tertiary/aromatic N) is 3. The maximum Gasteiger partial charge on any atom is 0.234 e. The third-order valence-electron chi connectivity index (χ3n) is 2.42. The zero-order chi connectivity index (χ0) is 11.0.